The zero-order chi connectivity index (χ0) is 14.0. The first-order chi connectivity index (χ1) is 8.99. The van der Waals surface area contributed by atoms with E-state index < -0.39 is 11.1 Å². The summed E-state index contributed by atoms with van der Waals surface area (Å²) in [4.78, 5) is 30.5. The summed E-state index contributed by atoms with van der Waals surface area (Å²) >= 11 is 1.09. The molecule has 0 atom stereocenters. The van der Waals surface area contributed by atoms with Gasteiger partial charge in [-0.05, 0) is 23.9 Å². The zero-order valence-electron chi connectivity index (χ0n) is 9.88. The average molecular weight is 278 g/mol. The Kier molecular flexibility index (Phi) is 3.47. The number of hydrogen-bond donors (Lipinski definition) is 3. The number of amidine groups is 1. The van der Waals surface area contributed by atoms with Gasteiger partial charge >= 0.3 is 11.1 Å². The van der Waals surface area contributed by atoms with E-state index in [2.05, 4.69) is 15.1 Å². The average Bonchev–Trinajstić information content (AvgIpc) is 2.36. The maximum absolute atomic E-state index is 11.2. The van der Waals surface area contributed by atoms with E-state index in [0.717, 1.165) is 11.8 Å². The fraction of sp³-hybridized carbons (Fsp3) is 0.100. The quantitative estimate of drug-likeness (QED) is 0.386. The normalized spacial score (nSPS) is 10.4. The molecule has 2 heterocycles. The van der Waals surface area contributed by atoms with Gasteiger partial charge in [-0.2, -0.15) is 4.98 Å². The summed E-state index contributed by atoms with van der Waals surface area (Å²) in [5.74, 6) is -0.183. The monoisotopic (exact) mass is 278 g/mol. The van der Waals surface area contributed by atoms with Crippen LogP contribution in [0, 0.1) is 5.41 Å². The number of nitrogens with one attached hydrogen (secondary N) is 2. The molecule has 0 aliphatic carbocycles. The largest absolute Gasteiger partial charge is 0.382 e. The number of aromatic amines is 1. The van der Waals surface area contributed by atoms with Gasteiger partial charge in [0.2, 0.25) is 0 Å². The molecule has 0 fully saturated rings. The highest BCUT2D eigenvalue weighted by atomic mass is 32.2. The summed E-state index contributed by atoms with van der Waals surface area (Å²) in [6.45, 7) is 0. The van der Waals surface area contributed by atoms with E-state index in [1.807, 2.05) is 0 Å². The van der Waals surface area contributed by atoms with Crippen molar-refractivity contribution in [2.45, 2.75) is 10.1 Å². The van der Waals surface area contributed by atoms with Gasteiger partial charge in [0.25, 0.3) is 0 Å². The van der Waals surface area contributed by atoms with Crippen LogP contribution in [0.25, 0.3) is 0 Å². The second-order valence-electron chi connectivity index (χ2n) is 3.57. The van der Waals surface area contributed by atoms with Crippen molar-refractivity contribution in [1.82, 2.24) is 19.7 Å². The summed E-state index contributed by atoms with van der Waals surface area (Å²) in [5.41, 5.74) is 4.07. The molecule has 9 heteroatoms. The standard InChI is InChI=1S/C10H10N6O2S/c1-16-10(14-8(17)9(18)15-16)19-5-3-2-4-13-6(5)7(11)12/h2-4H,1H3,(H3,11,12)(H,15,18). The molecule has 8 nitrogen and oxygen atoms in total. The number of aryl methyl sites for hydroxylation is 1. The summed E-state index contributed by atoms with van der Waals surface area (Å²) in [5, 5.41) is 10.0. The minimum atomic E-state index is -0.867. The van der Waals surface area contributed by atoms with Gasteiger partial charge in [0.05, 0.1) is 0 Å². The fourth-order valence-electron chi connectivity index (χ4n) is 1.33. The SMILES string of the molecule is Cn1[nH]c(=O)c(=O)nc1Sc1cccnc1C(=N)N. The van der Waals surface area contributed by atoms with E-state index in [1.165, 1.54) is 10.9 Å². The molecule has 0 unspecified atom stereocenters. The first-order valence-corrected chi connectivity index (χ1v) is 5.95. The lowest BCUT2D eigenvalue weighted by atomic mass is 10.3. The maximum Gasteiger partial charge on any atom is 0.339 e. The topological polar surface area (TPSA) is 131 Å². The van der Waals surface area contributed by atoms with Gasteiger partial charge in [0.15, 0.2) is 5.16 Å². The lowest BCUT2D eigenvalue weighted by Crippen LogP contribution is -2.33. The third-order valence-electron chi connectivity index (χ3n) is 2.17. The Hall–Kier alpha value is -2.42. The molecule has 0 aromatic carbocycles. The minimum Gasteiger partial charge on any atom is -0.382 e. The van der Waals surface area contributed by atoms with Crippen LogP contribution in [0.2, 0.25) is 0 Å². The number of nitrogen functional groups attached to an aromatic ring is 1. The van der Waals surface area contributed by atoms with Crippen LogP contribution in [0.4, 0.5) is 0 Å². The molecule has 2 aromatic heterocycles. The first-order valence-electron chi connectivity index (χ1n) is 5.13. The number of hydrogen-bond acceptors (Lipinski definition) is 6. The van der Waals surface area contributed by atoms with Gasteiger partial charge in [-0.3, -0.25) is 29.8 Å². The van der Waals surface area contributed by atoms with Crippen LogP contribution in [-0.2, 0) is 7.05 Å². The van der Waals surface area contributed by atoms with E-state index in [1.54, 1.807) is 19.2 Å². The van der Waals surface area contributed by atoms with Crippen molar-refractivity contribution in [1.29, 1.82) is 5.41 Å². The number of aromatic nitrogens is 4. The molecule has 0 saturated heterocycles. The van der Waals surface area contributed by atoms with Crippen molar-refractivity contribution >= 4 is 17.6 Å². The minimum absolute atomic E-state index is 0.183. The molecule has 4 N–H and O–H groups in total. The van der Waals surface area contributed by atoms with Crippen molar-refractivity contribution in [2.75, 3.05) is 0 Å². The molecule has 98 valence electrons. The van der Waals surface area contributed by atoms with Gasteiger partial charge < -0.3 is 5.73 Å². The van der Waals surface area contributed by atoms with Gasteiger partial charge in [-0.25, -0.2) is 0 Å². The lowest BCUT2D eigenvalue weighted by Gasteiger charge is -2.08. The molecular weight excluding hydrogens is 268 g/mol. The van der Waals surface area contributed by atoms with E-state index in [0.29, 0.717) is 10.6 Å². The molecule has 0 radical (unpaired) electrons. The Bertz CT molecular complexity index is 750. The number of nitrogens with zero attached hydrogens (tertiary/aromatic N) is 3. The first kappa shape index (κ1) is 13.0. The van der Waals surface area contributed by atoms with Crippen molar-refractivity contribution in [3.05, 3.63) is 44.7 Å². The Balaban J connectivity index is 2.48. The van der Waals surface area contributed by atoms with Crippen molar-refractivity contribution in [3.8, 4) is 0 Å². The van der Waals surface area contributed by atoms with Crippen molar-refractivity contribution in [3.63, 3.8) is 0 Å². The predicted molar refractivity (Wildman–Crippen MR) is 69.5 cm³/mol. The van der Waals surface area contributed by atoms with Crippen LogP contribution in [0.5, 0.6) is 0 Å². The second-order valence-corrected chi connectivity index (χ2v) is 4.57. The Morgan fingerprint density at radius 1 is 1.53 bits per heavy atom. The third-order valence-corrected chi connectivity index (χ3v) is 3.27. The van der Waals surface area contributed by atoms with Crippen LogP contribution in [0.15, 0.2) is 38.0 Å². The van der Waals surface area contributed by atoms with E-state index >= 15 is 0 Å². The van der Waals surface area contributed by atoms with Gasteiger partial charge in [-0.15, -0.1) is 0 Å². The van der Waals surface area contributed by atoms with E-state index in [9.17, 15) is 9.59 Å². The van der Waals surface area contributed by atoms with Gasteiger partial charge in [0.1, 0.15) is 11.5 Å². The third kappa shape index (κ3) is 2.71. The highest BCUT2D eigenvalue weighted by molar-refractivity contribution is 7.99. The van der Waals surface area contributed by atoms with Crippen molar-refractivity contribution in [2.24, 2.45) is 12.8 Å². The Labute approximate surface area is 111 Å². The molecule has 0 saturated carbocycles. The van der Waals surface area contributed by atoms with Crippen LogP contribution >= 0.6 is 11.8 Å². The smallest absolute Gasteiger partial charge is 0.339 e. The lowest BCUT2D eigenvalue weighted by molar-refractivity contribution is 0.596. The molecule has 19 heavy (non-hydrogen) atoms. The maximum atomic E-state index is 11.2. The molecule has 0 aliphatic heterocycles. The molecular formula is C10H10N6O2S. The molecule has 0 spiro atoms. The Morgan fingerprint density at radius 3 is 2.95 bits per heavy atom. The molecule has 2 rings (SSSR count). The van der Waals surface area contributed by atoms with Gasteiger partial charge in [0, 0.05) is 18.1 Å². The van der Waals surface area contributed by atoms with Crippen LogP contribution < -0.4 is 16.9 Å². The summed E-state index contributed by atoms with van der Waals surface area (Å²) in [6, 6.07) is 3.38. The highest BCUT2D eigenvalue weighted by Gasteiger charge is 2.11. The summed E-state index contributed by atoms with van der Waals surface area (Å²) < 4.78 is 1.32. The van der Waals surface area contributed by atoms with E-state index in [-0.39, 0.29) is 11.0 Å². The number of rotatable bonds is 3. The number of nitrogens with two attached hydrogens (primary N) is 1. The molecule has 0 bridgehead atoms. The number of pyridine rings is 1. The number of H-pyrrole nitrogens is 1. The fourth-order valence-corrected chi connectivity index (χ4v) is 2.24. The van der Waals surface area contributed by atoms with Crippen LogP contribution in [0.3, 0.4) is 0 Å². The predicted octanol–water partition coefficient (Wildman–Crippen LogP) is -0.701. The Morgan fingerprint density at radius 2 is 2.26 bits per heavy atom. The second kappa shape index (κ2) is 5.06. The van der Waals surface area contributed by atoms with Crippen molar-refractivity contribution < 1.29 is 0 Å². The van der Waals surface area contributed by atoms with Gasteiger partial charge in [-0.1, -0.05) is 0 Å². The van der Waals surface area contributed by atoms with Crippen LogP contribution in [-0.4, -0.2) is 25.6 Å². The molecule has 0 amide bonds. The summed E-state index contributed by atoms with van der Waals surface area (Å²) in [6.07, 6.45) is 1.51. The van der Waals surface area contributed by atoms with E-state index in [4.69, 9.17) is 11.1 Å². The molecule has 0 aliphatic rings. The zero-order valence-corrected chi connectivity index (χ0v) is 10.7. The molecule has 2 aromatic rings. The highest BCUT2D eigenvalue weighted by Crippen LogP contribution is 2.26. The summed E-state index contributed by atoms with van der Waals surface area (Å²) in [7, 11) is 1.56. The van der Waals surface area contributed by atoms with Crippen LogP contribution in [0.1, 0.15) is 5.69 Å².